The van der Waals surface area contributed by atoms with Crippen LogP contribution in [-0.2, 0) is 13.0 Å². The molecule has 0 saturated heterocycles. The third kappa shape index (κ3) is 4.19. The van der Waals surface area contributed by atoms with Crippen LogP contribution in [-0.4, -0.2) is 13.2 Å². The lowest BCUT2D eigenvalue weighted by molar-refractivity contribution is 0.171. The van der Waals surface area contributed by atoms with E-state index < -0.39 is 0 Å². The van der Waals surface area contributed by atoms with Crippen LogP contribution in [0, 0.1) is 6.92 Å². The molecular weight excluding hydrogens is 416 g/mol. The number of aryl methyl sites for hydroxylation is 2. The van der Waals surface area contributed by atoms with E-state index in [0.717, 1.165) is 35.3 Å². The Labute approximate surface area is 192 Å². The van der Waals surface area contributed by atoms with Crippen molar-refractivity contribution in [3.05, 3.63) is 87.8 Å². The second-order valence-electron chi connectivity index (χ2n) is 8.20. The number of rotatable bonds is 6. The zero-order valence-corrected chi connectivity index (χ0v) is 18.9. The van der Waals surface area contributed by atoms with E-state index >= 15 is 0 Å². The molecule has 5 heteroatoms. The summed E-state index contributed by atoms with van der Waals surface area (Å²) in [5.41, 5.74) is 3.87. The first kappa shape index (κ1) is 21.1. The topological polar surface area (TPSA) is 57.9 Å². The van der Waals surface area contributed by atoms with Gasteiger partial charge in [0.15, 0.2) is 11.5 Å². The van der Waals surface area contributed by atoms with Crippen molar-refractivity contribution in [2.45, 2.75) is 33.3 Å². The third-order valence-electron chi connectivity index (χ3n) is 5.84. The van der Waals surface area contributed by atoms with E-state index in [2.05, 4.69) is 6.92 Å². The quantitative estimate of drug-likeness (QED) is 0.363. The van der Waals surface area contributed by atoms with Crippen LogP contribution in [0.15, 0.2) is 69.9 Å². The summed E-state index contributed by atoms with van der Waals surface area (Å²) in [7, 11) is 0. The molecule has 1 aromatic heterocycles. The molecule has 168 valence electrons. The SMILES string of the molecule is CCCc1cc2c(=O)c(-c3ccc4c(c3)OCCO4)c(C)oc2cc1OCc1ccccc1. The standard InChI is InChI=1S/C28H26O5/c1-3-7-20-14-22-25(16-24(20)32-17-19-8-5-4-6-9-19)33-18(2)27(28(22)29)21-10-11-23-26(15-21)31-13-12-30-23/h4-6,8-11,14-16H,3,7,12-13,17H2,1-2H3. The molecule has 0 radical (unpaired) electrons. The zero-order chi connectivity index (χ0) is 22.8. The van der Waals surface area contributed by atoms with Crippen LogP contribution in [0.4, 0.5) is 0 Å². The fourth-order valence-corrected chi connectivity index (χ4v) is 4.25. The number of benzene rings is 3. The average molecular weight is 443 g/mol. The third-order valence-corrected chi connectivity index (χ3v) is 5.84. The van der Waals surface area contributed by atoms with Gasteiger partial charge >= 0.3 is 0 Å². The van der Waals surface area contributed by atoms with Gasteiger partial charge in [0.05, 0.1) is 10.9 Å². The molecule has 0 N–H and O–H groups in total. The number of ether oxygens (including phenoxy) is 3. The van der Waals surface area contributed by atoms with Gasteiger partial charge in [-0.25, -0.2) is 0 Å². The summed E-state index contributed by atoms with van der Waals surface area (Å²) in [5.74, 6) is 2.65. The highest BCUT2D eigenvalue weighted by atomic mass is 16.6. The Morgan fingerprint density at radius 2 is 1.73 bits per heavy atom. The van der Waals surface area contributed by atoms with Crippen LogP contribution in [0.1, 0.15) is 30.2 Å². The van der Waals surface area contributed by atoms with Crippen LogP contribution in [0.25, 0.3) is 22.1 Å². The van der Waals surface area contributed by atoms with Crippen molar-refractivity contribution in [1.29, 1.82) is 0 Å². The highest BCUT2D eigenvalue weighted by molar-refractivity contribution is 5.85. The minimum atomic E-state index is -0.0580. The first-order valence-corrected chi connectivity index (χ1v) is 11.3. The van der Waals surface area contributed by atoms with Crippen molar-refractivity contribution in [2.75, 3.05) is 13.2 Å². The minimum absolute atomic E-state index is 0.0580. The van der Waals surface area contributed by atoms with Crippen LogP contribution >= 0.6 is 0 Å². The Morgan fingerprint density at radius 3 is 2.52 bits per heavy atom. The largest absolute Gasteiger partial charge is 0.488 e. The first-order chi connectivity index (χ1) is 16.1. The van der Waals surface area contributed by atoms with Gasteiger partial charge in [0.25, 0.3) is 0 Å². The molecule has 0 spiro atoms. The van der Waals surface area contributed by atoms with E-state index in [9.17, 15) is 4.79 Å². The van der Waals surface area contributed by atoms with Crippen LogP contribution in [0.3, 0.4) is 0 Å². The summed E-state index contributed by atoms with van der Waals surface area (Å²) >= 11 is 0. The molecule has 0 atom stereocenters. The van der Waals surface area contributed by atoms with E-state index in [1.54, 1.807) is 0 Å². The number of hydrogen-bond donors (Lipinski definition) is 0. The van der Waals surface area contributed by atoms with Crippen molar-refractivity contribution in [2.24, 2.45) is 0 Å². The van der Waals surface area contributed by atoms with Gasteiger partial charge < -0.3 is 18.6 Å². The van der Waals surface area contributed by atoms with Crippen molar-refractivity contribution >= 4 is 11.0 Å². The molecule has 1 aliphatic heterocycles. The van der Waals surface area contributed by atoms with Crippen molar-refractivity contribution in [3.8, 4) is 28.4 Å². The lowest BCUT2D eigenvalue weighted by atomic mass is 9.99. The predicted octanol–water partition coefficient (Wildman–Crippen LogP) is 6.07. The van der Waals surface area contributed by atoms with Crippen LogP contribution in [0.5, 0.6) is 17.2 Å². The molecule has 0 saturated carbocycles. The van der Waals surface area contributed by atoms with Gasteiger partial charge in [-0.05, 0) is 48.2 Å². The van der Waals surface area contributed by atoms with Gasteiger partial charge in [-0.15, -0.1) is 0 Å². The maximum atomic E-state index is 13.6. The fourth-order valence-electron chi connectivity index (χ4n) is 4.25. The zero-order valence-electron chi connectivity index (χ0n) is 18.9. The number of fused-ring (bicyclic) bond motifs is 2. The summed E-state index contributed by atoms with van der Waals surface area (Å²) < 4.78 is 23.6. The number of hydrogen-bond acceptors (Lipinski definition) is 5. The van der Waals surface area contributed by atoms with Crippen molar-refractivity contribution in [3.63, 3.8) is 0 Å². The molecule has 2 heterocycles. The first-order valence-electron chi connectivity index (χ1n) is 11.3. The molecule has 0 fully saturated rings. The normalized spacial score (nSPS) is 12.7. The molecule has 3 aromatic carbocycles. The Kier molecular flexibility index (Phi) is 5.78. The second-order valence-corrected chi connectivity index (χ2v) is 8.20. The summed E-state index contributed by atoms with van der Waals surface area (Å²) in [6.45, 7) is 5.41. The monoisotopic (exact) mass is 442 g/mol. The molecule has 33 heavy (non-hydrogen) atoms. The van der Waals surface area contributed by atoms with Gasteiger partial charge in [-0.1, -0.05) is 49.7 Å². The molecule has 5 rings (SSSR count). The van der Waals surface area contributed by atoms with Crippen LogP contribution < -0.4 is 19.6 Å². The van der Waals surface area contributed by atoms with Gasteiger partial charge in [-0.3, -0.25) is 4.79 Å². The fraction of sp³-hybridized carbons (Fsp3) is 0.250. The maximum Gasteiger partial charge on any atom is 0.200 e. The van der Waals surface area contributed by atoms with Gasteiger partial charge in [0.2, 0.25) is 5.43 Å². The molecule has 0 amide bonds. The lowest BCUT2D eigenvalue weighted by Gasteiger charge is -2.19. The Bertz CT molecular complexity index is 1350. The summed E-state index contributed by atoms with van der Waals surface area (Å²) in [6.07, 6.45) is 1.76. The van der Waals surface area contributed by atoms with E-state index in [4.69, 9.17) is 18.6 Å². The minimum Gasteiger partial charge on any atom is -0.488 e. The van der Waals surface area contributed by atoms with E-state index in [0.29, 0.717) is 53.6 Å². The second kappa shape index (κ2) is 9.02. The van der Waals surface area contributed by atoms with E-state index in [1.807, 2.05) is 67.6 Å². The van der Waals surface area contributed by atoms with Gasteiger partial charge in [-0.2, -0.15) is 0 Å². The van der Waals surface area contributed by atoms with Crippen molar-refractivity contribution in [1.82, 2.24) is 0 Å². The van der Waals surface area contributed by atoms with E-state index in [-0.39, 0.29) is 5.43 Å². The molecule has 5 nitrogen and oxygen atoms in total. The molecule has 0 unspecified atom stereocenters. The highest BCUT2D eigenvalue weighted by Crippen LogP contribution is 2.36. The van der Waals surface area contributed by atoms with Gasteiger partial charge in [0, 0.05) is 6.07 Å². The Hall–Kier alpha value is -3.73. The Balaban J connectivity index is 1.57. The lowest BCUT2D eigenvalue weighted by Crippen LogP contribution is -2.15. The smallest absolute Gasteiger partial charge is 0.200 e. The van der Waals surface area contributed by atoms with Gasteiger partial charge in [0.1, 0.15) is 36.9 Å². The molecule has 0 aliphatic carbocycles. The summed E-state index contributed by atoms with van der Waals surface area (Å²) in [6, 6.07) is 19.4. The summed E-state index contributed by atoms with van der Waals surface area (Å²) in [5, 5.41) is 0.556. The Morgan fingerprint density at radius 1 is 0.939 bits per heavy atom. The predicted molar refractivity (Wildman–Crippen MR) is 128 cm³/mol. The van der Waals surface area contributed by atoms with E-state index in [1.165, 1.54) is 0 Å². The maximum absolute atomic E-state index is 13.6. The molecular formula is C28H26O5. The highest BCUT2D eigenvalue weighted by Gasteiger charge is 2.19. The summed E-state index contributed by atoms with van der Waals surface area (Å²) in [4.78, 5) is 13.6. The molecule has 0 bridgehead atoms. The molecule has 4 aromatic rings. The van der Waals surface area contributed by atoms with Crippen molar-refractivity contribution < 1.29 is 18.6 Å². The molecule has 1 aliphatic rings. The average Bonchev–Trinajstić information content (AvgIpc) is 2.84. The van der Waals surface area contributed by atoms with Crippen LogP contribution in [0.2, 0.25) is 0 Å².